The number of hydrogen-bond acceptors (Lipinski definition) is 5. The van der Waals surface area contributed by atoms with Crippen molar-refractivity contribution in [2.24, 2.45) is 4.99 Å². The maximum absolute atomic E-state index is 13.5. The summed E-state index contributed by atoms with van der Waals surface area (Å²) >= 11 is 1.27. The van der Waals surface area contributed by atoms with E-state index in [-0.39, 0.29) is 16.6 Å². The third kappa shape index (κ3) is 4.01. The summed E-state index contributed by atoms with van der Waals surface area (Å²) in [4.78, 5) is 17.4. The highest BCUT2D eigenvalue weighted by Gasteiger charge is 2.20. The van der Waals surface area contributed by atoms with E-state index in [0.717, 1.165) is 11.1 Å². The van der Waals surface area contributed by atoms with Gasteiger partial charge in [-0.05, 0) is 60.7 Å². The number of benzene rings is 2. The molecule has 9 heteroatoms. The van der Waals surface area contributed by atoms with Gasteiger partial charge in [-0.1, -0.05) is 6.07 Å². The molecule has 2 heterocycles. The van der Waals surface area contributed by atoms with Gasteiger partial charge in [0.05, 0.1) is 9.77 Å². The number of amides is 1. The molecular weight excluding hydrogens is 413 g/mol. The van der Waals surface area contributed by atoms with Crippen molar-refractivity contribution >= 4 is 48.9 Å². The molecule has 2 N–H and O–H groups in total. The second kappa shape index (κ2) is 7.57. The number of rotatable bonds is 4. The molecule has 29 heavy (non-hydrogen) atoms. The quantitative estimate of drug-likeness (QED) is 0.653. The fourth-order valence-electron chi connectivity index (χ4n) is 3.18. The lowest BCUT2D eigenvalue weighted by Crippen LogP contribution is -2.29. The van der Waals surface area contributed by atoms with E-state index >= 15 is 0 Å². The van der Waals surface area contributed by atoms with Crippen molar-refractivity contribution in [3.63, 3.8) is 0 Å². The van der Waals surface area contributed by atoms with Gasteiger partial charge < -0.3 is 5.32 Å². The molecule has 1 aliphatic rings. The lowest BCUT2D eigenvalue weighted by atomic mass is 10.1. The zero-order valence-electron chi connectivity index (χ0n) is 15.5. The van der Waals surface area contributed by atoms with Crippen molar-refractivity contribution < 1.29 is 17.6 Å². The number of amidine groups is 1. The van der Waals surface area contributed by atoms with Crippen LogP contribution in [0.2, 0.25) is 0 Å². The van der Waals surface area contributed by atoms with Crippen LogP contribution in [0.15, 0.2) is 52.4 Å². The fourth-order valence-corrected chi connectivity index (χ4v) is 5.39. The number of fused-ring (bicyclic) bond motifs is 1. The number of carbonyl (C=O) groups is 1. The first kappa shape index (κ1) is 19.5. The Labute approximate surface area is 171 Å². The van der Waals surface area contributed by atoms with Gasteiger partial charge >= 0.3 is 0 Å². The first-order valence-corrected chi connectivity index (χ1v) is 11.3. The van der Waals surface area contributed by atoms with Crippen molar-refractivity contribution in [1.29, 1.82) is 0 Å². The van der Waals surface area contributed by atoms with Crippen LogP contribution in [0, 0.1) is 12.7 Å². The number of thiophene rings is 1. The molecule has 0 unspecified atom stereocenters. The van der Waals surface area contributed by atoms with E-state index in [4.69, 9.17) is 0 Å². The van der Waals surface area contributed by atoms with E-state index in [0.29, 0.717) is 40.3 Å². The average molecular weight is 432 g/mol. The van der Waals surface area contributed by atoms with Gasteiger partial charge in [0, 0.05) is 23.4 Å². The lowest BCUT2D eigenvalue weighted by molar-refractivity contribution is 0.103. The molecule has 1 aliphatic heterocycles. The molecule has 0 atom stereocenters. The summed E-state index contributed by atoms with van der Waals surface area (Å²) < 4.78 is 41.9. The Hall–Kier alpha value is -2.78. The minimum absolute atomic E-state index is 0.0417. The maximum atomic E-state index is 13.5. The van der Waals surface area contributed by atoms with E-state index in [2.05, 4.69) is 15.0 Å². The third-order valence-electron chi connectivity index (χ3n) is 4.63. The standard InChI is InChI=1S/C20H18FN3O3S2/c1-12-16-10-13(21)7-8-17(16)28-19(12)20(25)23-14-4-2-5-15(11-14)29(26,27)24-18-6-3-9-22-18/h2,4-5,7-8,10-11H,3,6,9H2,1H3,(H,22,24)(H,23,25). The number of sulfonamides is 1. The van der Waals surface area contributed by atoms with Gasteiger partial charge in [0.2, 0.25) is 0 Å². The second-order valence-corrected chi connectivity index (χ2v) is 9.45. The van der Waals surface area contributed by atoms with Crippen LogP contribution in [-0.2, 0) is 10.0 Å². The monoisotopic (exact) mass is 431 g/mol. The van der Waals surface area contributed by atoms with E-state index < -0.39 is 10.0 Å². The molecule has 0 aliphatic carbocycles. The van der Waals surface area contributed by atoms with Crippen LogP contribution >= 0.6 is 11.3 Å². The number of halogens is 1. The number of carbonyl (C=O) groups excluding carboxylic acids is 1. The predicted octanol–water partition coefficient (Wildman–Crippen LogP) is 4.07. The molecule has 0 saturated carbocycles. The van der Waals surface area contributed by atoms with Gasteiger partial charge in [-0.15, -0.1) is 11.3 Å². The first-order chi connectivity index (χ1) is 13.8. The minimum atomic E-state index is -3.77. The van der Waals surface area contributed by atoms with E-state index in [9.17, 15) is 17.6 Å². The molecule has 1 aromatic heterocycles. The molecule has 0 saturated heterocycles. The minimum Gasteiger partial charge on any atom is -0.321 e. The Morgan fingerprint density at radius 3 is 2.79 bits per heavy atom. The van der Waals surface area contributed by atoms with Crippen LogP contribution in [0.3, 0.4) is 0 Å². The molecule has 0 fully saturated rings. The summed E-state index contributed by atoms with van der Waals surface area (Å²) in [5.41, 5.74) is 1.04. The van der Waals surface area contributed by atoms with Crippen molar-refractivity contribution in [2.75, 3.05) is 11.9 Å². The van der Waals surface area contributed by atoms with E-state index in [1.807, 2.05) is 0 Å². The van der Waals surface area contributed by atoms with Gasteiger partial charge in [0.1, 0.15) is 11.7 Å². The average Bonchev–Trinajstić information content (AvgIpc) is 3.30. The molecule has 6 nitrogen and oxygen atoms in total. The SMILES string of the molecule is Cc1c(C(=O)Nc2cccc(S(=O)(=O)NC3=NCCC3)c2)sc2ccc(F)cc12. The Bertz CT molecular complexity index is 1250. The molecule has 0 bridgehead atoms. The lowest BCUT2D eigenvalue weighted by Gasteiger charge is -2.10. The second-order valence-electron chi connectivity index (χ2n) is 6.72. The molecule has 4 rings (SSSR count). The van der Waals surface area contributed by atoms with Gasteiger partial charge in [-0.2, -0.15) is 0 Å². The van der Waals surface area contributed by atoms with Crippen LogP contribution in [0.5, 0.6) is 0 Å². The highest BCUT2D eigenvalue weighted by atomic mass is 32.2. The topological polar surface area (TPSA) is 87.6 Å². The van der Waals surface area contributed by atoms with Crippen molar-refractivity contribution in [3.05, 3.63) is 58.7 Å². The predicted molar refractivity (Wildman–Crippen MR) is 113 cm³/mol. The highest BCUT2D eigenvalue weighted by Crippen LogP contribution is 2.32. The van der Waals surface area contributed by atoms with Crippen LogP contribution in [0.1, 0.15) is 28.1 Å². The molecule has 150 valence electrons. The van der Waals surface area contributed by atoms with Gasteiger partial charge in [0.15, 0.2) is 0 Å². The number of anilines is 1. The van der Waals surface area contributed by atoms with Crippen LogP contribution in [-0.4, -0.2) is 26.7 Å². The van der Waals surface area contributed by atoms with E-state index in [1.165, 1.54) is 35.6 Å². The number of nitrogens with one attached hydrogen (secondary N) is 2. The molecule has 1 amide bonds. The molecule has 0 spiro atoms. The number of hydrogen-bond donors (Lipinski definition) is 2. The molecule has 3 aromatic rings. The summed E-state index contributed by atoms with van der Waals surface area (Å²) in [5, 5.41) is 3.43. The van der Waals surface area contributed by atoms with Crippen LogP contribution < -0.4 is 10.0 Å². The Balaban J connectivity index is 1.58. The summed E-state index contributed by atoms with van der Waals surface area (Å²) in [6.07, 6.45) is 1.42. The molecular formula is C20H18FN3O3S2. The summed E-state index contributed by atoms with van der Waals surface area (Å²) in [7, 11) is -3.77. The molecule has 2 aromatic carbocycles. The highest BCUT2D eigenvalue weighted by molar-refractivity contribution is 7.90. The van der Waals surface area contributed by atoms with Crippen molar-refractivity contribution in [3.8, 4) is 0 Å². The number of aliphatic imine (C=N–C) groups is 1. The summed E-state index contributed by atoms with van der Waals surface area (Å²) in [6.45, 7) is 2.38. The summed E-state index contributed by atoms with van der Waals surface area (Å²) in [6, 6.07) is 10.4. The Morgan fingerprint density at radius 2 is 2.03 bits per heavy atom. The Morgan fingerprint density at radius 1 is 1.21 bits per heavy atom. The first-order valence-electron chi connectivity index (χ1n) is 9.00. The van der Waals surface area contributed by atoms with Gasteiger partial charge in [0.25, 0.3) is 15.9 Å². The van der Waals surface area contributed by atoms with Gasteiger partial charge in [-0.25, -0.2) is 12.8 Å². The maximum Gasteiger partial charge on any atom is 0.266 e. The van der Waals surface area contributed by atoms with Gasteiger partial charge in [-0.3, -0.25) is 14.5 Å². The molecule has 0 radical (unpaired) electrons. The largest absolute Gasteiger partial charge is 0.321 e. The van der Waals surface area contributed by atoms with Crippen LogP contribution in [0.25, 0.3) is 10.1 Å². The number of aryl methyl sites for hydroxylation is 1. The third-order valence-corrected chi connectivity index (χ3v) is 7.28. The Kier molecular flexibility index (Phi) is 5.10. The number of nitrogens with zero attached hydrogens (tertiary/aromatic N) is 1. The van der Waals surface area contributed by atoms with E-state index in [1.54, 1.807) is 25.1 Å². The zero-order valence-corrected chi connectivity index (χ0v) is 17.2. The normalized spacial score (nSPS) is 14.1. The van der Waals surface area contributed by atoms with Crippen molar-refractivity contribution in [1.82, 2.24) is 4.72 Å². The van der Waals surface area contributed by atoms with Crippen molar-refractivity contribution in [2.45, 2.75) is 24.7 Å². The summed E-state index contributed by atoms with van der Waals surface area (Å²) in [5.74, 6) is -0.276. The van der Waals surface area contributed by atoms with Crippen LogP contribution in [0.4, 0.5) is 10.1 Å². The zero-order chi connectivity index (χ0) is 20.6. The smallest absolute Gasteiger partial charge is 0.266 e. The fraction of sp³-hybridized carbons (Fsp3) is 0.200.